The van der Waals surface area contributed by atoms with Crippen molar-refractivity contribution in [2.75, 3.05) is 17.2 Å². The van der Waals surface area contributed by atoms with Gasteiger partial charge in [0.2, 0.25) is 0 Å². The lowest BCUT2D eigenvalue weighted by atomic mass is 10.0. The molecule has 0 unspecified atom stereocenters. The fourth-order valence-corrected chi connectivity index (χ4v) is 5.37. The van der Waals surface area contributed by atoms with Gasteiger partial charge in [-0.05, 0) is 56.3 Å². The average Bonchev–Trinajstić information content (AvgIpc) is 3.04. The first-order chi connectivity index (χ1) is 12.7. The third kappa shape index (κ3) is 2.95. The number of carbonyl (C=O) groups excluding carboxylic acids is 2. The van der Waals surface area contributed by atoms with Gasteiger partial charge in [0.25, 0.3) is 5.91 Å². The van der Waals surface area contributed by atoms with Gasteiger partial charge in [-0.2, -0.15) is 0 Å². The Hall–Kier alpha value is -2.25. The van der Waals surface area contributed by atoms with Crippen LogP contribution in [-0.2, 0) is 9.67 Å². The predicted octanol–water partition coefficient (Wildman–Crippen LogP) is 4.64. The van der Waals surface area contributed by atoms with E-state index >= 15 is 0 Å². The van der Waals surface area contributed by atoms with Gasteiger partial charge < -0.3 is 10.6 Å². The molecule has 2 aliphatic heterocycles. The van der Waals surface area contributed by atoms with Gasteiger partial charge in [0.15, 0.2) is 4.87 Å². The minimum atomic E-state index is -1.20. The SMILES string of the molecule is CC1(C)CN(C(=O)Nc2ccc(F)cc2)[C@@]2(S1)C(=O)Nc1ccc(Cl)cc12. The Kier molecular flexibility index (Phi) is 4.12. The molecule has 8 heteroatoms. The van der Waals surface area contributed by atoms with Crippen molar-refractivity contribution in [3.63, 3.8) is 0 Å². The van der Waals surface area contributed by atoms with E-state index in [4.69, 9.17) is 11.6 Å². The number of fused-ring (bicyclic) bond motifs is 2. The Labute approximate surface area is 165 Å². The van der Waals surface area contributed by atoms with E-state index in [1.165, 1.54) is 40.9 Å². The second-order valence-electron chi connectivity index (χ2n) is 7.17. The molecule has 0 aromatic heterocycles. The molecular weight excluding hydrogens is 389 g/mol. The van der Waals surface area contributed by atoms with Crippen LogP contribution in [0.2, 0.25) is 5.02 Å². The molecule has 0 aliphatic carbocycles. The first kappa shape index (κ1) is 18.1. The highest BCUT2D eigenvalue weighted by molar-refractivity contribution is 8.02. The molecule has 27 heavy (non-hydrogen) atoms. The molecule has 2 N–H and O–H groups in total. The summed E-state index contributed by atoms with van der Waals surface area (Å²) >= 11 is 7.59. The molecule has 4 rings (SSSR count). The Balaban J connectivity index is 1.75. The van der Waals surface area contributed by atoms with E-state index in [9.17, 15) is 14.0 Å². The van der Waals surface area contributed by atoms with Crippen LogP contribution < -0.4 is 10.6 Å². The fourth-order valence-electron chi connectivity index (χ4n) is 3.52. The van der Waals surface area contributed by atoms with E-state index in [-0.39, 0.29) is 16.5 Å². The van der Waals surface area contributed by atoms with Crippen molar-refractivity contribution in [1.82, 2.24) is 4.90 Å². The molecule has 1 saturated heterocycles. The van der Waals surface area contributed by atoms with Gasteiger partial charge in [-0.1, -0.05) is 11.6 Å². The van der Waals surface area contributed by atoms with Gasteiger partial charge in [-0.25, -0.2) is 9.18 Å². The number of halogens is 2. The number of hydrogen-bond acceptors (Lipinski definition) is 3. The molecule has 5 nitrogen and oxygen atoms in total. The van der Waals surface area contributed by atoms with E-state index in [1.54, 1.807) is 18.2 Å². The summed E-state index contributed by atoms with van der Waals surface area (Å²) in [6, 6.07) is 10.2. The number of thioether (sulfide) groups is 1. The van der Waals surface area contributed by atoms with Gasteiger partial charge in [-0.15, -0.1) is 11.8 Å². The van der Waals surface area contributed by atoms with Gasteiger partial charge >= 0.3 is 6.03 Å². The lowest BCUT2D eigenvalue weighted by Gasteiger charge is -2.32. The Morgan fingerprint density at radius 2 is 1.96 bits per heavy atom. The van der Waals surface area contributed by atoms with Crippen LogP contribution >= 0.6 is 23.4 Å². The molecule has 1 fully saturated rings. The number of nitrogens with one attached hydrogen (secondary N) is 2. The van der Waals surface area contributed by atoms with E-state index in [0.29, 0.717) is 28.5 Å². The highest BCUT2D eigenvalue weighted by atomic mass is 35.5. The summed E-state index contributed by atoms with van der Waals surface area (Å²) in [4.78, 5) is 26.4. The van der Waals surface area contributed by atoms with Crippen molar-refractivity contribution in [3.05, 3.63) is 58.9 Å². The second-order valence-corrected chi connectivity index (χ2v) is 9.51. The monoisotopic (exact) mass is 405 g/mol. The standard InChI is InChI=1S/C19H17ClFN3O2S/c1-18(2)10-24(17(26)22-13-6-4-12(21)5-7-13)19(27-18)14-9-11(20)3-8-15(14)23-16(19)25/h3-9H,10H2,1-2H3,(H,22,26)(H,23,25)/t19-/m0/s1. The smallest absolute Gasteiger partial charge is 0.323 e. The summed E-state index contributed by atoms with van der Waals surface area (Å²) in [7, 11) is 0. The summed E-state index contributed by atoms with van der Waals surface area (Å²) in [6.07, 6.45) is 0. The van der Waals surface area contributed by atoms with Crippen LogP contribution in [0.5, 0.6) is 0 Å². The molecule has 140 valence electrons. The van der Waals surface area contributed by atoms with Gasteiger partial charge in [0.05, 0.1) is 0 Å². The number of carbonyl (C=O) groups is 2. The predicted molar refractivity (Wildman–Crippen MR) is 106 cm³/mol. The van der Waals surface area contributed by atoms with Gasteiger partial charge in [0, 0.05) is 33.3 Å². The quantitative estimate of drug-likeness (QED) is 0.726. The topological polar surface area (TPSA) is 61.4 Å². The lowest BCUT2D eigenvalue weighted by Crippen LogP contribution is -2.49. The van der Waals surface area contributed by atoms with Crippen molar-refractivity contribution in [3.8, 4) is 0 Å². The number of urea groups is 1. The molecular formula is C19H17ClFN3O2S. The van der Waals surface area contributed by atoms with Crippen LogP contribution in [0, 0.1) is 5.82 Å². The largest absolute Gasteiger partial charge is 0.323 e. The summed E-state index contributed by atoms with van der Waals surface area (Å²) in [5, 5.41) is 6.12. The zero-order chi connectivity index (χ0) is 19.4. The van der Waals surface area contributed by atoms with E-state index < -0.39 is 10.9 Å². The highest BCUT2D eigenvalue weighted by Crippen LogP contribution is 2.58. The number of rotatable bonds is 1. The fraction of sp³-hybridized carbons (Fsp3) is 0.263. The second kappa shape index (κ2) is 6.14. The molecule has 2 heterocycles. The Morgan fingerprint density at radius 3 is 2.67 bits per heavy atom. The number of nitrogens with zero attached hydrogens (tertiary/aromatic N) is 1. The van der Waals surface area contributed by atoms with Crippen LogP contribution in [0.25, 0.3) is 0 Å². The van der Waals surface area contributed by atoms with Crippen molar-refractivity contribution in [1.29, 1.82) is 0 Å². The molecule has 2 aliphatic rings. The zero-order valence-corrected chi connectivity index (χ0v) is 16.2. The Bertz CT molecular complexity index is 950. The number of benzene rings is 2. The van der Waals surface area contributed by atoms with Gasteiger partial charge in [0.1, 0.15) is 5.82 Å². The molecule has 2 aromatic rings. The van der Waals surface area contributed by atoms with E-state index in [0.717, 1.165) is 0 Å². The number of hydrogen-bond donors (Lipinski definition) is 2. The maximum absolute atomic E-state index is 13.1. The Morgan fingerprint density at radius 1 is 1.26 bits per heavy atom. The third-order valence-electron chi connectivity index (χ3n) is 4.59. The molecule has 2 aromatic carbocycles. The van der Waals surface area contributed by atoms with Crippen LogP contribution in [0.15, 0.2) is 42.5 Å². The lowest BCUT2D eigenvalue weighted by molar-refractivity contribution is -0.121. The van der Waals surface area contributed by atoms with Crippen LogP contribution in [-0.4, -0.2) is 28.1 Å². The molecule has 0 saturated carbocycles. The molecule has 1 spiro atoms. The zero-order valence-electron chi connectivity index (χ0n) is 14.7. The number of anilines is 2. The van der Waals surface area contributed by atoms with Crippen molar-refractivity contribution < 1.29 is 14.0 Å². The summed E-state index contributed by atoms with van der Waals surface area (Å²) in [5.41, 5.74) is 1.77. The van der Waals surface area contributed by atoms with Crippen LogP contribution in [0.1, 0.15) is 19.4 Å². The van der Waals surface area contributed by atoms with Crippen molar-refractivity contribution in [2.24, 2.45) is 0 Å². The summed E-state index contributed by atoms with van der Waals surface area (Å²) < 4.78 is 12.8. The summed E-state index contributed by atoms with van der Waals surface area (Å²) in [5.74, 6) is -0.661. The van der Waals surface area contributed by atoms with Crippen molar-refractivity contribution in [2.45, 2.75) is 23.5 Å². The molecule has 3 amide bonds. The normalized spacial score (nSPS) is 22.7. The van der Waals surface area contributed by atoms with Crippen LogP contribution in [0.3, 0.4) is 0 Å². The summed E-state index contributed by atoms with van der Waals surface area (Å²) in [6.45, 7) is 4.34. The van der Waals surface area contributed by atoms with E-state index in [2.05, 4.69) is 10.6 Å². The maximum Gasteiger partial charge on any atom is 0.323 e. The van der Waals surface area contributed by atoms with Gasteiger partial charge in [-0.3, -0.25) is 9.69 Å². The molecule has 1 atom stereocenters. The van der Waals surface area contributed by atoms with E-state index in [1.807, 2.05) is 13.8 Å². The first-order valence-corrected chi connectivity index (χ1v) is 9.57. The first-order valence-electron chi connectivity index (χ1n) is 8.37. The molecule has 0 radical (unpaired) electrons. The maximum atomic E-state index is 13.1. The number of amides is 3. The van der Waals surface area contributed by atoms with Crippen LogP contribution in [0.4, 0.5) is 20.6 Å². The highest BCUT2D eigenvalue weighted by Gasteiger charge is 2.61. The third-order valence-corrected chi connectivity index (χ3v) is 6.42. The van der Waals surface area contributed by atoms with Crippen molar-refractivity contribution >= 4 is 46.7 Å². The molecule has 0 bridgehead atoms. The minimum absolute atomic E-state index is 0.274. The average molecular weight is 406 g/mol. The minimum Gasteiger partial charge on any atom is -0.323 e.